The third-order valence-electron chi connectivity index (χ3n) is 8.76. The number of hydrogen-bond donors (Lipinski definition) is 0. The maximum Gasteiger partial charge on any atom is 0.306 e. The van der Waals surface area contributed by atoms with Crippen LogP contribution in [0.2, 0.25) is 0 Å². The average molecular weight is 407 g/mol. The van der Waals surface area contributed by atoms with Gasteiger partial charge in [0, 0.05) is 37.5 Å². The van der Waals surface area contributed by atoms with E-state index in [0.717, 1.165) is 44.9 Å². The predicted octanol–water partition coefficient (Wildman–Crippen LogP) is 3.80. The maximum atomic E-state index is 12.8. The molecular weight excluding hydrogens is 372 g/mol. The molecule has 1 heterocycles. The Kier molecular flexibility index (Phi) is 5.19. The first-order valence-electron chi connectivity index (χ1n) is 11.2. The molecule has 6 nitrogen and oxygen atoms in total. The highest BCUT2D eigenvalue weighted by molar-refractivity contribution is 5.71. The summed E-state index contributed by atoms with van der Waals surface area (Å²) in [5.41, 5.74) is -0.118. The van der Waals surface area contributed by atoms with Crippen LogP contribution in [0.1, 0.15) is 79.1 Å². The first kappa shape index (κ1) is 20.7. The summed E-state index contributed by atoms with van der Waals surface area (Å²) in [6.45, 7) is 7.46. The van der Waals surface area contributed by atoms with E-state index >= 15 is 0 Å². The Bertz CT molecular complexity index is 703. The number of esters is 3. The fourth-order valence-corrected chi connectivity index (χ4v) is 7.22. The fraction of sp³-hybridized carbons (Fsp3) is 0.870. The molecule has 0 unspecified atom stereocenters. The molecule has 29 heavy (non-hydrogen) atoms. The summed E-state index contributed by atoms with van der Waals surface area (Å²) in [5, 5.41) is 0. The second kappa shape index (κ2) is 7.28. The summed E-state index contributed by atoms with van der Waals surface area (Å²) in [6.07, 6.45) is 6.40. The van der Waals surface area contributed by atoms with Gasteiger partial charge < -0.3 is 14.2 Å². The summed E-state index contributed by atoms with van der Waals surface area (Å²) >= 11 is 0. The van der Waals surface area contributed by atoms with Crippen LogP contribution in [0.25, 0.3) is 0 Å². The van der Waals surface area contributed by atoms with Gasteiger partial charge in [-0.2, -0.15) is 0 Å². The number of carbonyl (C=O) groups is 3. The van der Waals surface area contributed by atoms with Gasteiger partial charge in [0.25, 0.3) is 0 Å². The molecule has 162 valence electrons. The van der Waals surface area contributed by atoms with Crippen LogP contribution in [0.5, 0.6) is 0 Å². The Morgan fingerprint density at radius 1 is 0.931 bits per heavy atom. The molecule has 8 atom stereocenters. The van der Waals surface area contributed by atoms with Crippen molar-refractivity contribution in [3.63, 3.8) is 0 Å². The first-order chi connectivity index (χ1) is 13.6. The average Bonchev–Trinajstić information content (AvgIpc) is 2.88. The molecule has 4 fully saturated rings. The Hall–Kier alpha value is -1.59. The normalized spacial score (nSPS) is 46.4. The zero-order valence-electron chi connectivity index (χ0n) is 18.1. The monoisotopic (exact) mass is 406 g/mol. The zero-order valence-corrected chi connectivity index (χ0v) is 18.1. The molecule has 0 N–H and O–H groups in total. The van der Waals surface area contributed by atoms with Gasteiger partial charge in [0.2, 0.25) is 0 Å². The zero-order chi connectivity index (χ0) is 21.0. The Labute approximate surface area is 173 Å². The van der Waals surface area contributed by atoms with Gasteiger partial charge in [0.05, 0.1) is 0 Å². The quantitative estimate of drug-likeness (QED) is 0.513. The number of ether oxygens (including phenoxy) is 3. The van der Waals surface area contributed by atoms with Crippen molar-refractivity contribution >= 4 is 17.9 Å². The van der Waals surface area contributed by atoms with Gasteiger partial charge in [-0.3, -0.25) is 14.4 Å². The van der Waals surface area contributed by atoms with Crippen LogP contribution in [-0.4, -0.2) is 36.2 Å². The standard InChI is InChI=1S/C23H34O6/c1-13(24)27-16-7-9-22(3)15(11-16)12-20(26)29-21-17-5-6-19(28-14(2)25)23(17,4)10-8-18(21)22/h15-19,21H,5-12H2,1-4H3/t15-,16+,17+,18+,19-,21-,22+,23+/m0/s1. The lowest BCUT2D eigenvalue weighted by atomic mass is 9.52. The van der Waals surface area contributed by atoms with Crippen molar-refractivity contribution in [2.75, 3.05) is 0 Å². The minimum absolute atomic E-state index is 0.00826. The van der Waals surface area contributed by atoms with Gasteiger partial charge in [0.15, 0.2) is 0 Å². The number of rotatable bonds is 2. The second-order valence-electron chi connectivity index (χ2n) is 10.3. The Morgan fingerprint density at radius 2 is 1.59 bits per heavy atom. The summed E-state index contributed by atoms with van der Waals surface area (Å²) in [6, 6.07) is 0. The number of fused-ring (bicyclic) bond motifs is 5. The second-order valence-corrected chi connectivity index (χ2v) is 10.3. The van der Waals surface area contributed by atoms with E-state index in [1.165, 1.54) is 13.8 Å². The molecule has 0 aromatic carbocycles. The third kappa shape index (κ3) is 3.46. The van der Waals surface area contributed by atoms with E-state index < -0.39 is 0 Å². The number of carbonyl (C=O) groups excluding carboxylic acids is 3. The third-order valence-corrected chi connectivity index (χ3v) is 8.76. The topological polar surface area (TPSA) is 78.9 Å². The van der Waals surface area contributed by atoms with Crippen LogP contribution < -0.4 is 0 Å². The summed E-state index contributed by atoms with van der Waals surface area (Å²) in [5.74, 6) is 0.120. The van der Waals surface area contributed by atoms with Crippen molar-refractivity contribution in [2.24, 2.45) is 28.6 Å². The van der Waals surface area contributed by atoms with Gasteiger partial charge >= 0.3 is 17.9 Å². The van der Waals surface area contributed by atoms with Crippen molar-refractivity contribution < 1.29 is 28.6 Å². The molecule has 4 aliphatic rings. The Balaban J connectivity index is 1.59. The molecule has 0 spiro atoms. The molecule has 0 bridgehead atoms. The molecular formula is C23H34O6. The van der Waals surface area contributed by atoms with Gasteiger partial charge in [-0.1, -0.05) is 13.8 Å². The molecule has 1 saturated heterocycles. The summed E-state index contributed by atoms with van der Waals surface area (Å²) < 4.78 is 17.3. The summed E-state index contributed by atoms with van der Waals surface area (Å²) in [7, 11) is 0. The molecule has 6 heteroatoms. The minimum atomic E-state index is -0.247. The molecule has 3 saturated carbocycles. The predicted molar refractivity (Wildman–Crippen MR) is 105 cm³/mol. The van der Waals surface area contributed by atoms with Gasteiger partial charge in [0.1, 0.15) is 18.3 Å². The van der Waals surface area contributed by atoms with Crippen LogP contribution >= 0.6 is 0 Å². The minimum Gasteiger partial charge on any atom is -0.463 e. The van der Waals surface area contributed by atoms with Crippen LogP contribution in [0.4, 0.5) is 0 Å². The van der Waals surface area contributed by atoms with Crippen molar-refractivity contribution in [1.29, 1.82) is 0 Å². The van der Waals surface area contributed by atoms with Crippen LogP contribution in [-0.2, 0) is 28.6 Å². The van der Waals surface area contributed by atoms with E-state index in [0.29, 0.717) is 12.3 Å². The highest BCUT2D eigenvalue weighted by atomic mass is 16.6. The highest BCUT2D eigenvalue weighted by Crippen LogP contribution is 2.62. The molecule has 1 aliphatic heterocycles. The SMILES string of the molecule is CC(=O)O[C@@H]1CC[C@]2(C)[C@H](CC(=O)O[C@H]3[C@H]4CC[C@H](OC(C)=O)[C@]4(C)CC[C@H]32)C1. The molecule has 0 aromatic heterocycles. The van der Waals surface area contributed by atoms with E-state index in [1.807, 2.05) is 0 Å². The van der Waals surface area contributed by atoms with Crippen molar-refractivity contribution in [2.45, 2.75) is 97.4 Å². The lowest BCUT2D eigenvalue weighted by molar-refractivity contribution is -0.175. The molecule has 0 radical (unpaired) electrons. The van der Waals surface area contributed by atoms with E-state index in [9.17, 15) is 14.4 Å². The Morgan fingerprint density at radius 3 is 2.28 bits per heavy atom. The van der Waals surface area contributed by atoms with E-state index in [1.54, 1.807) is 0 Å². The van der Waals surface area contributed by atoms with Gasteiger partial charge in [-0.05, 0) is 56.3 Å². The van der Waals surface area contributed by atoms with Crippen LogP contribution in [0, 0.1) is 28.6 Å². The van der Waals surface area contributed by atoms with Gasteiger partial charge in [-0.15, -0.1) is 0 Å². The van der Waals surface area contributed by atoms with Crippen molar-refractivity contribution in [3.05, 3.63) is 0 Å². The number of hydrogen-bond acceptors (Lipinski definition) is 6. The molecule has 3 aliphatic carbocycles. The van der Waals surface area contributed by atoms with Crippen molar-refractivity contribution in [1.82, 2.24) is 0 Å². The van der Waals surface area contributed by atoms with E-state index in [2.05, 4.69) is 13.8 Å². The highest BCUT2D eigenvalue weighted by Gasteiger charge is 2.62. The lowest BCUT2D eigenvalue weighted by Crippen LogP contribution is -2.54. The van der Waals surface area contributed by atoms with Crippen molar-refractivity contribution in [3.8, 4) is 0 Å². The smallest absolute Gasteiger partial charge is 0.306 e. The molecule has 4 rings (SSSR count). The fourth-order valence-electron chi connectivity index (χ4n) is 7.22. The maximum absolute atomic E-state index is 12.8. The largest absolute Gasteiger partial charge is 0.463 e. The van der Waals surface area contributed by atoms with Gasteiger partial charge in [-0.25, -0.2) is 0 Å². The van der Waals surface area contributed by atoms with E-state index in [4.69, 9.17) is 14.2 Å². The first-order valence-corrected chi connectivity index (χ1v) is 11.2. The van der Waals surface area contributed by atoms with E-state index in [-0.39, 0.29) is 58.9 Å². The lowest BCUT2D eigenvalue weighted by Gasteiger charge is -2.54. The van der Waals surface area contributed by atoms with Crippen LogP contribution in [0.15, 0.2) is 0 Å². The summed E-state index contributed by atoms with van der Waals surface area (Å²) in [4.78, 5) is 35.8. The molecule has 0 amide bonds. The molecule has 0 aromatic rings. The van der Waals surface area contributed by atoms with Crippen LogP contribution in [0.3, 0.4) is 0 Å².